The van der Waals surface area contributed by atoms with Crippen molar-refractivity contribution in [3.8, 4) is 34.5 Å². The third-order valence-corrected chi connectivity index (χ3v) is 3.67. The average Bonchev–Trinajstić information content (AvgIpc) is 2.51. The molecule has 1 unspecified atom stereocenters. The standard InChI is InChI=1S/C16H14O7/c1-22-8-4-9(17)15-10(18)6-13(23-14(15)5-8)7-2-11(19)16(21)12(20)3-7/h2-5,13,17,19-21H,6H2,1H3. The van der Waals surface area contributed by atoms with Crippen LogP contribution >= 0.6 is 0 Å². The molecule has 23 heavy (non-hydrogen) atoms. The topological polar surface area (TPSA) is 116 Å². The van der Waals surface area contributed by atoms with Gasteiger partial charge in [0.15, 0.2) is 23.0 Å². The molecule has 0 spiro atoms. The van der Waals surface area contributed by atoms with Gasteiger partial charge in [0.05, 0.1) is 13.5 Å². The first kappa shape index (κ1) is 14.8. The predicted molar refractivity (Wildman–Crippen MR) is 78.4 cm³/mol. The molecule has 0 bridgehead atoms. The van der Waals surface area contributed by atoms with Gasteiger partial charge in [-0.1, -0.05) is 0 Å². The second-order valence-corrected chi connectivity index (χ2v) is 5.16. The fraction of sp³-hybridized carbons (Fsp3) is 0.188. The van der Waals surface area contributed by atoms with Crippen molar-refractivity contribution in [2.24, 2.45) is 0 Å². The summed E-state index contributed by atoms with van der Waals surface area (Å²) in [5.41, 5.74) is 0.383. The van der Waals surface area contributed by atoms with Gasteiger partial charge in [-0.3, -0.25) is 4.79 Å². The summed E-state index contributed by atoms with van der Waals surface area (Å²) in [6.45, 7) is 0. The van der Waals surface area contributed by atoms with Crippen molar-refractivity contribution in [1.82, 2.24) is 0 Å². The molecule has 3 rings (SSSR count). The maximum Gasteiger partial charge on any atom is 0.200 e. The third-order valence-electron chi connectivity index (χ3n) is 3.67. The summed E-state index contributed by atoms with van der Waals surface area (Å²) in [5, 5.41) is 38.5. The number of benzene rings is 2. The molecular weight excluding hydrogens is 304 g/mol. The second kappa shape index (κ2) is 5.28. The highest BCUT2D eigenvalue weighted by Gasteiger charge is 2.31. The highest BCUT2D eigenvalue weighted by Crippen LogP contribution is 2.44. The monoisotopic (exact) mass is 318 g/mol. The van der Waals surface area contributed by atoms with E-state index in [4.69, 9.17) is 9.47 Å². The van der Waals surface area contributed by atoms with Crippen molar-refractivity contribution in [3.05, 3.63) is 35.4 Å². The number of rotatable bonds is 2. The molecule has 2 aromatic rings. The summed E-state index contributed by atoms with van der Waals surface area (Å²) >= 11 is 0. The van der Waals surface area contributed by atoms with Crippen molar-refractivity contribution in [2.45, 2.75) is 12.5 Å². The Kier molecular flexibility index (Phi) is 3.40. The lowest BCUT2D eigenvalue weighted by Crippen LogP contribution is -2.20. The Morgan fingerprint density at radius 3 is 2.30 bits per heavy atom. The van der Waals surface area contributed by atoms with Crippen LogP contribution in [0.2, 0.25) is 0 Å². The number of phenols is 4. The molecule has 7 nitrogen and oxygen atoms in total. The Hall–Kier alpha value is -3.09. The molecule has 0 amide bonds. The van der Waals surface area contributed by atoms with Gasteiger partial charge in [-0.15, -0.1) is 0 Å². The van der Waals surface area contributed by atoms with Crippen LogP contribution in [0.25, 0.3) is 0 Å². The Bertz CT molecular complexity index is 774. The molecule has 2 aromatic carbocycles. The Labute approximate surface area is 131 Å². The van der Waals surface area contributed by atoms with Gasteiger partial charge in [-0.05, 0) is 12.1 Å². The highest BCUT2D eigenvalue weighted by atomic mass is 16.5. The molecular formula is C16H14O7. The van der Waals surface area contributed by atoms with Crippen molar-refractivity contribution in [3.63, 3.8) is 0 Å². The van der Waals surface area contributed by atoms with Gasteiger partial charge in [-0.2, -0.15) is 0 Å². The summed E-state index contributed by atoms with van der Waals surface area (Å²) in [6, 6.07) is 5.20. The van der Waals surface area contributed by atoms with E-state index in [9.17, 15) is 25.2 Å². The molecule has 0 fully saturated rings. The van der Waals surface area contributed by atoms with E-state index in [0.29, 0.717) is 11.3 Å². The summed E-state index contributed by atoms with van der Waals surface area (Å²) in [4.78, 5) is 12.3. The van der Waals surface area contributed by atoms with Crippen molar-refractivity contribution in [1.29, 1.82) is 0 Å². The fourth-order valence-electron chi connectivity index (χ4n) is 2.53. The molecule has 1 atom stereocenters. The van der Waals surface area contributed by atoms with E-state index in [1.54, 1.807) is 0 Å². The zero-order valence-electron chi connectivity index (χ0n) is 12.1. The molecule has 7 heteroatoms. The van der Waals surface area contributed by atoms with E-state index < -0.39 is 23.4 Å². The van der Waals surface area contributed by atoms with Crippen LogP contribution in [0.3, 0.4) is 0 Å². The van der Waals surface area contributed by atoms with Gasteiger partial charge in [0, 0.05) is 17.7 Å². The Morgan fingerprint density at radius 1 is 1.04 bits per heavy atom. The lowest BCUT2D eigenvalue weighted by atomic mass is 9.95. The smallest absolute Gasteiger partial charge is 0.200 e. The summed E-state index contributed by atoms with van der Waals surface area (Å²) < 4.78 is 10.7. The molecule has 0 aliphatic carbocycles. The van der Waals surface area contributed by atoms with Crippen molar-refractivity contribution in [2.75, 3.05) is 7.11 Å². The molecule has 0 aromatic heterocycles. The van der Waals surface area contributed by atoms with E-state index in [-0.39, 0.29) is 29.3 Å². The number of carbonyl (C=O) groups excluding carboxylic acids is 1. The largest absolute Gasteiger partial charge is 0.507 e. The van der Waals surface area contributed by atoms with Crippen molar-refractivity contribution >= 4 is 5.78 Å². The molecule has 4 N–H and O–H groups in total. The van der Waals surface area contributed by atoms with Crippen LogP contribution in [0.4, 0.5) is 0 Å². The van der Waals surface area contributed by atoms with Gasteiger partial charge >= 0.3 is 0 Å². The number of ether oxygens (including phenoxy) is 2. The maximum atomic E-state index is 12.3. The second-order valence-electron chi connectivity index (χ2n) is 5.16. The number of aromatic hydroxyl groups is 4. The number of fused-ring (bicyclic) bond motifs is 1. The van der Waals surface area contributed by atoms with E-state index in [2.05, 4.69) is 0 Å². The number of Topliss-reactive ketones (excluding diaryl/α,β-unsaturated/α-hetero) is 1. The third kappa shape index (κ3) is 2.46. The molecule has 0 saturated heterocycles. The van der Waals surface area contributed by atoms with Gasteiger partial charge < -0.3 is 29.9 Å². The minimum atomic E-state index is -0.779. The number of carbonyl (C=O) groups is 1. The van der Waals surface area contributed by atoms with Crippen LogP contribution in [0.1, 0.15) is 28.4 Å². The Morgan fingerprint density at radius 2 is 1.70 bits per heavy atom. The normalized spacial score (nSPS) is 16.6. The maximum absolute atomic E-state index is 12.3. The zero-order chi connectivity index (χ0) is 16.7. The first-order valence-corrected chi connectivity index (χ1v) is 6.76. The van der Waals surface area contributed by atoms with Crippen LogP contribution in [-0.2, 0) is 0 Å². The molecule has 0 radical (unpaired) electrons. The van der Waals surface area contributed by atoms with Gasteiger partial charge in [0.25, 0.3) is 0 Å². The average molecular weight is 318 g/mol. The summed E-state index contributed by atoms with van der Waals surface area (Å²) in [7, 11) is 1.42. The number of phenolic OH excluding ortho intramolecular Hbond substituents is 4. The Balaban J connectivity index is 2.03. The summed E-state index contributed by atoms with van der Waals surface area (Å²) in [6.07, 6.45) is -0.866. The van der Waals surface area contributed by atoms with Crippen LogP contribution in [0.5, 0.6) is 34.5 Å². The van der Waals surface area contributed by atoms with Crippen molar-refractivity contribution < 1.29 is 34.7 Å². The molecule has 1 heterocycles. The molecule has 1 aliphatic heterocycles. The van der Waals surface area contributed by atoms with Crippen LogP contribution in [0, 0.1) is 0 Å². The SMILES string of the molecule is COc1cc(O)c2c(c1)OC(c1cc(O)c(O)c(O)c1)CC2=O. The molecule has 0 saturated carbocycles. The van der Waals surface area contributed by atoms with E-state index in [0.717, 1.165) is 0 Å². The van der Waals surface area contributed by atoms with E-state index in [1.807, 2.05) is 0 Å². The lowest BCUT2D eigenvalue weighted by molar-refractivity contribution is 0.0844. The predicted octanol–water partition coefficient (Wildman–Crippen LogP) is 2.22. The minimum absolute atomic E-state index is 0.0641. The molecule has 1 aliphatic rings. The highest BCUT2D eigenvalue weighted by molar-refractivity contribution is 6.02. The van der Waals surface area contributed by atoms with Crippen LogP contribution < -0.4 is 9.47 Å². The number of hydrogen-bond acceptors (Lipinski definition) is 7. The zero-order valence-corrected chi connectivity index (χ0v) is 12.1. The van der Waals surface area contributed by atoms with Crippen LogP contribution in [-0.4, -0.2) is 33.3 Å². The summed E-state index contributed by atoms with van der Waals surface area (Å²) in [5.74, 6) is -1.79. The number of hydrogen-bond donors (Lipinski definition) is 4. The lowest BCUT2D eigenvalue weighted by Gasteiger charge is -2.26. The first-order chi connectivity index (χ1) is 10.9. The minimum Gasteiger partial charge on any atom is -0.507 e. The first-order valence-electron chi connectivity index (χ1n) is 6.76. The van der Waals surface area contributed by atoms with Gasteiger partial charge in [0.2, 0.25) is 0 Å². The fourth-order valence-corrected chi connectivity index (χ4v) is 2.53. The van der Waals surface area contributed by atoms with E-state index in [1.165, 1.54) is 31.4 Å². The van der Waals surface area contributed by atoms with E-state index >= 15 is 0 Å². The number of methoxy groups -OCH3 is 1. The van der Waals surface area contributed by atoms with Crippen LogP contribution in [0.15, 0.2) is 24.3 Å². The number of ketones is 1. The quantitative estimate of drug-likeness (QED) is 0.627. The van der Waals surface area contributed by atoms with Gasteiger partial charge in [-0.25, -0.2) is 0 Å². The molecule has 120 valence electrons. The van der Waals surface area contributed by atoms with Gasteiger partial charge in [0.1, 0.15) is 28.9 Å².